The lowest BCUT2D eigenvalue weighted by molar-refractivity contribution is 0.202. The van der Waals surface area contributed by atoms with Crippen LogP contribution in [0.4, 0.5) is 0 Å². The molecule has 0 saturated carbocycles. The van der Waals surface area contributed by atoms with E-state index in [-0.39, 0.29) is 0 Å². The van der Waals surface area contributed by atoms with Crippen LogP contribution in [0.15, 0.2) is 23.8 Å². The second kappa shape index (κ2) is 6.33. The fourth-order valence-electron chi connectivity index (χ4n) is 1.93. The van der Waals surface area contributed by atoms with Crippen LogP contribution in [0.25, 0.3) is 0 Å². The Morgan fingerprint density at radius 2 is 1.76 bits per heavy atom. The number of sulfonamides is 1. The third-order valence-electron chi connectivity index (χ3n) is 2.96. The van der Waals surface area contributed by atoms with Crippen molar-refractivity contribution in [2.75, 3.05) is 39.0 Å². The van der Waals surface area contributed by atoms with Crippen LogP contribution in [-0.4, -0.2) is 56.6 Å². The third-order valence-corrected chi connectivity index (χ3v) is 4.26. The Balaban J connectivity index is 2.48. The van der Waals surface area contributed by atoms with Crippen LogP contribution in [0.5, 0.6) is 0 Å². The molecule has 1 fully saturated rings. The van der Waals surface area contributed by atoms with Crippen molar-refractivity contribution < 1.29 is 8.42 Å². The second-order valence-electron chi connectivity index (χ2n) is 4.30. The van der Waals surface area contributed by atoms with Crippen molar-refractivity contribution in [2.45, 2.75) is 13.8 Å². The smallest absolute Gasteiger partial charge is 0.211 e. The average Bonchev–Trinajstić information content (AvgIpc) is 2.28. The normalized spacial score (nSPS) is 21.2. The maximum absolute atomic E-state index is 11.4. The zero-order chi connectivity index (χ0) is 12.9. The van der Waals surface area contributed by atoms with Crippen LogP contribution in [0.1, 0.15) is 13.8 Å². The Bertz CT molecular complexity index is 391. The van der Waals surface area contributed by atoms with Gasteiger partial charge in [-0.2, -0.15) is 4.31 Å². The van der Waals surface area contributed by atoms with Crippen LogP contribution in [0.2, 0.25) is 0 Å². The van der Waals surface area contributed by atoms with Gasteiger partial charge in [0, 0.05) is 32.7 Å². The summed E-state index contributed by atoms with van der Waals surface area (Å²) in [6.07, 6.45) is 7.51. The van der Waals surface area contributed by atoms with Crippen molar-refractivity contribution >= 4 is 10.0 Å². The van der Waals surface area contributed by atoms with E-state index in [1.807, 2.05) is 19.9 Å². The molecule has 0 radical (unpaired) electrons. The third kappa shape index (κ3) is 4.61. The molecular formula is C12H22N2O2S. The minimum absolute atomic E-state index is 0.603. The summed E-state index contributed by atoms with van der Waals surface area (Å²) in [6.45, 7) is 7.76. The van der Waals surface area contributed by atoms with Gasteiger partial charge >= 0.3 is 0 Å². The highest BCUT2D eigenvalue weighted by Gasteiger charge is 2.23. The van der Waals surface area contributed by atoms with Crippen LogP contribution in [0.3, 0.4) is 0 Å². The highest BCUT2D eigenvalue weighted by molar-refractivity contribution is 7.88. The van der Waals surface area contributed by atoms with Gasteiger partial charge in [0.2, 0.25) is 10.0 Å². The van der Waals surface area contributed by atoms with Gasteiger partial charge in [-0.3, -0.25) is 4.90 Å². The fraction of sp³-hybridized carbons (Fsp3) is 0.667. The maximum Gasteiger partial charge on any atom is 0.211 e. The van der Waals surface area contributed by atoms with Crippen LogP contribution in [0, 0.1) is 0 Å². The Hall–Kier alpha value is -0.650. The summed E-state index contributed by atoms with van der Waals surface area (Å²) in [4.78, 5) is 2.29. The molecule has 1 heterocycles. The zero-order valence-electron chi connectivity index (χ0n) is 10.9. The number of nitrogens with zero attached hydrogens (tertiary/aromatic N) is 2. The molecule has 5 heteroatoms. The number of piperazine rings is 1. The summed E-state index contributed by atoms with van der Waals surface area (Å²) in [6, 6.07) is 0. The lowest BCUT2D eigenvalue weighted by Gasteiger charge is -2.33. The largest absolute Gasteiger partial charge is 0.296 e. The molecule has 0 amide bonds. The molecule has 1 saturated heterocycles. The molecule has 98 valence electrons. The second-order valence-corrected chi connectivity index (χ2v) is 6.28. The molecule has 17 heavy (non-hydrogen) atoms. The van der Waals surface area contributed by atoms with Gasteiger partial charge in [-0.15, -0.1) is 0 Å². The van der Waals surface area contributed by atoms with E-state index in [1.165, 1.54) is 11.8 Å². The fourth-order valence-corrected chi connectivity index (χ4v) is 2.76. The summed E-state index contributed by atoms with van der Waals surface area (Å²) >= 11 is 0. The molecule has 0 aromatic carbocycles. The van der Waals surface area contributed by atoms with E-state index in [9.17, 15) is 8.42 Å². The van der Waals surface area contributed by atoms with E-state index in [1.54, 1.807) is 4.31 Å². The van der Waals surface area contributed by atoms with Crippen molar-refractivity contribution in [3.63, 3.8) is 0 Å². The molecule has 0 N–H and O–H groups in total. The van der Waals surface area contributed by atoms with Gasteiger partial charge in [-0.05, 0) is 19.4 Å². The van der Waals surface area contributed by atoms with Gasteiger partial charge in [0.15, 0.2) is 0 Å². The molecule has 0 bridgehead atoms. The molecule has 1 aliphatic heterocycles. The van der Waals surface area contributed by atoms with E-state index < -0.39 is 10.0 Å². The first-order valence-corrected chi connectivity index (χ1v) is 7.77. The van der Waals surface area contributed by atoms with Crippen molar-refractivity contribution in [3.8, 4) is 0 Å². The minimum Gasteiger partial charge on any atom is -0.296 e. The molecule has 4 nitrogen and oxygen atoms in total. The lowest BCUT2D eigenvalue weighted by atomic mass is 10.2. The van der Waals surface area contributed by atoms with Crippen molar-refractivity contribution in [3.05, 3.63) is 23.8 Å². The van der Waals surface area contributed by atoms with Gasteiger partial charge < -0.3 is 0 Å². The Morgan fingerprint density at radius 3 is 2.18 bits per heavy atom. The summed E-state index contributed by atoms with van der Waals surface area (Å²) in [5.74, 6) is 0. The first kappa shape index (κ1) is 14.4. The minimum atomic E-state index is -3.02. The Morgan fingerprint density at radius 1 is 1.18 bits per heavy atom. The monoisotopic (exact) mass is 258 g/mol. The average molecular weight is 258 g/mol. The van der Waals surface area contributed by atoms with Crippen LogP contribution >= 0.6 is 0 Å². The van der Waals surface area contributed by atoms with Gasteiger partial charge in [-0.1, -0.05) is 18.2 Å². The van der Waals surface area contributed by atoms with E-state index in [4.69, 9.17) is 0 Å². The SMILES string of the molecule is CC=CC(=CC)CN1CCN(S(C)(=O)=O)CC1. The van der Waals surface area contributed by atoms with Crippen LogP contribution < -0.4 is 0 Å². The number of hydrogen-bond donors (Lipinski definition) is 0. The summed E-state index contributed by atoms with van der Waals surface area (Å²) in [7, 11) is -3.02. The van der Waals surface area contributed by atoms with Gasteiger partial charge in [0.1, 0.15) is 0 Å². The van der Waals surface area contributed by atoms with E-state index in [0.717, 1.165) is 19.6 Å². The highest BCUT2D eigenvalue weighted by atomic mass is 32.2. The zero-order valence-corrected chi connectivity index (χ0v) is 11.7. The molecule has 1 aliphatic rings. The molecule has 0 unspecified atom stereocenters. The molecule has 1 rings (SSSR count). The van der Waals surface area contributed by atoms with Crippen molar-refractivity contribution in [2.24, 2.45) is 0 Å². The summed E-state index contributed by atoms with van der Waals surface area (Å²) < 4.78 is 24.3. The Labute approximate surface area is 105 Å². The summed E-state index contributed by atoms with van der Waals surface area (Å²) in [5, 5.41) is 0. The number of hydrogen-bond acceptors (Lipinski definition) is 3. The molecule has 0 aromatic heterocycles. The van der Waals surface area contributed by atoms with E-state index in [2.05, 4.69) is 17.1 Å². The predicted octanol–water partition coefficient (Wildman–Crippen LogP) is 1.09. The van der Waals surface area contributed by atoms with Crippen molar-refractivity contribution in [1.82, 2.24) is 9.21 Å². The first-order valence-electron chi connectivity index (χ1n) is 5.92. The van der Waals surface area contributed by atoms with Gasteiger partial charge in [0.25, 0.3) is 0 Å². The molecule has 0 atom stereocenters. The quantitative estimate of drug-likeness (QED) is 0.709. The Kier molecular flexibility index (Phi) is 5.36. The first-order chi connectivity index (χ1) is 7.97. The van der Waals surface area contributed by atoms with E-state index >= 15 is 0 Å². The number of allylic oxidation sites excluding steroid dienone is 2. The standard InChI is InChI=1S/C12H22N2O2S/c1-4-6-12(5-2)11-13-7-9-14(10-8-13)17(3,15)16/h4-6H,7-11H2,1-3H3. The van der Waals surface area contributed by atoms with Crippen molar-refractivity contribution in [1.29, 1.82) is 0 Å². The molecule has 0 aromatic rings. The van der Waals surface area contributed by atoms with E-state index in [0.29, 0.717) is 13.1 Å². The molecule has 0 spiro atoms. The number of rotatable bonds is 4. The van der Waals surface area contributed by atoms with Gasteiger partial charge in [-0.25, -0.2) is 8.42 Å². The molecular weight excluding hydrogens is 236 g/mol. The van der Waals surface area contributed by atoms with Crippen LogP contribution in [-0.2, 0) is 10.0 Å². The topological polar surface area (TPSA) is 40.6 Å². The molecule has 0 aliphatic carbocycles. The highest BCUT2D eigenvalue weighted by Crippen LogP contribution is 2.08. The predicted molar refractivity (Wildman–Crippen MR) is 71.4 cm³/mol. The summed E-state index contributed by atoms with van der Waals surface area (Å²) in [5.41, 5.74) is 1.28. The van der Waals surface area contributed by atoms with Gasteiger partial charge in [0.05, 0.1) is 6.26 Å². The lowest BCUT2D eigenvalue weighted by Crippen LogP contribution is -2.48. The maximum atomic E-state index is 11.4.